The molecule has 1 N–H and O–H groups in total. The Morgan fingerprint density at radius 3 is 3.05 bits per heavy atom. The van der Waals surface area contributed by atoms with Crippen molar-refractivity contribution in [1.82, 2.24) is 4.98 Å². The number of hydrogen-bond donors (Lipinski definition) is 1. The Hall–Kier alpha value is -1.72. The average molecular weight is 288 g/mol. The largest absolute Gasteiger partial charge is 0.302 e. The van der Waals surface area contributed by atoms with E-state index in [0.717, 1.165) is 15.8 Å². The molecule has 0 bridgehead atoms. The van der Waals surface area contributed by atoms with Crippen molar-refractivity contribution in [3.8, 4) is 0 Å². The van der Waals surface area contributed by atoms with E-state index in [0.29, 0.717) is 11.6 Å². The fraction of sp³-hybridized carbons (Fsp3) is 0.143. The van der Waals surface area contributed by atoms with Crippen molar-refractivity contribution in [2.45, 2.75) is 13.3 Å². The van der Waals surface area contributed by atoms with Crippen LogP contribution in [-0.4, -0.2) is 10.9 Å². The lowest BCUT2D eigenvalue weighted by Gasteiger charge is -1.98. The van der Waals surface area contributed by atoms with Gasteiger partial charge in [-0.2, -0.15) is 11.3 Å². The van der Waals surface area contributed by atoms with Crippen LogP contribution < -0.4 is 5.32 Å². The van der Waals surface area contributed by atoms with Crippen LogP contribution in [0.1, 0.15) is 11.1 Å². The van der Waals surface area contributed by atoms with Gasteiger partial charge in [0.15, 0.2) is 5.13 Å². The van der Waals surface area contributed by atoms with Crippen LogP contribution in [0.3, 0.4) is 0 Å². The maximum Gasteiger partial charge on any atom is 0.230 e. The molecule has 0 aliphatic carbocycles. The van der Waals surface area contributed by atoms with Crippen molar-refractivity contribution in [2.75, 3.05) is 5.32 Å². The van der Waals surface area contributed by atoms with Crippen molar-refractivity contribution in [1.29, 1.82) is 0 Å². The highest BCUT2D eigenvalue weighted by atomic mass is 32.1. The number of fused-ring (bicyclic) bond motifs is 1. The minimum absolute atomic E-state index is 0.0193. The smallest absolute Gasteiger partial charge is 0.230 e. The van der Waals surface area contributed by atoms with Gasteiger partial charge < -0.3 is 5.32 Å². The quantitative estimate of drug-likeness (QED) is 0.795. The zero-order valence-electron chi connectivity index (χ0n) is 10.3. The van der Waals surface area contributed by atoms with Gasteiger partial charge in [-0.15, -0.1) is 0 Å². The molecule has 5 heteroatoms. The number of anilines is 1. The number of nitrogens with zero attached hydrogens (tertiary/aromatic N) is 1. The van der Waals surface area contributed by atoms with E-state index in [1.807, 2.05) is 35.9 Å². The van der Waals surface area contributed by atoms with Crippen LogP contribution >= 0.6 is 22.7 Å². The lowest BCUT2D eigenvalue weighted by molar-refractivity contribution is -0.115. The Balaban J connectivity index is 1.76. The van der Waals surface area contributed by atoms with E-state index in [1.165, 1.54) is 16.9 Å². The molecule has 0 radical (unpaired) electrons. The fourth-order valence-corrected chi connectivity index (χ4v) is 3.48. The summed E-state index contributed by atoms with van der Waals surface area (Å²) in [5.41, 5.74) is 3.17. The predicted molar refractivity (Wildman–Crippen MR) is 81.0 cm³/mol. The van der Waals surface area contributed by atoms with E-state index in [2.05, 4.69) is 16.4 Å². The maximum atomic E-state index is 11.9. The number of nitrogens with one attached hydrogen (secondary N) is 1. The van der Waals surface area contributed by atoms with Crippen LogP contribution in [0.5, 0.6) is 0 Å². The van der Waals surface area contributed by atoms with Gasteiger partial charge in [0.2, 0.25) is 5.91 Å². The van der Waals surface area contributed by atoms with Gasteiger partial charge in [-0.25, -0.2) is 4.98 Å². The third-order valence-electron chi connectivity index (χ3n) is 2.74. The van der Waals surface area contributed by atoms with Crippen LogP contribution in [0.25, 0.3) is 10.2 Å². The van der Waals surface area contributed by atoms with E-state index in [-0.39, 0.29) is 5.91 Å². The van der Waals surface area contributed by atoms with E-state index in [4.69, 9.17) is 0 Å². The molecule has 1 aromatic carbocycles. The van der Waals surface area contributed by atoms with Crippen LogP contribution in [-0.2, 0) is 11.2 Å². The van der Waals surface area contributed by atoms with E-state index < -0.39 is 0 Å². The number of amides is 1. The van der Waals surface area contributed by atoms with Gasteiger partial charge >= 0.3 is 0 Å². The second kappa shape index (κ2) is 5.11. The minimum Gasteiger partial charge on any atom is -0.302 e. The van der Waals surface area contributed by atoms with Crippen molar-refractivity contribution in [3.63, 3.8) is 0 Å². The zero-order chi connectivity index (χ0) is 13.2. The summed E-state index contributed by atoms with van der Waals surface area (Å²) in [6.45, 7) is 2.05. The average Bonchev–Trinajstić information content (AvgIpc) is 2.97. The first-order valence-corrected chi connectivity index (χ1v) is 7.65. The molecule has 0 aliphatic rings. The number of carbonyl (C=O) groups is 1. The molecule has 0 atom stereocenters. The standard InChI is InChI=1S/C14H12N2OS2/c1-9-2-3-11-12(6-9)19-14(15-11)16-13(17)7-10-4-5-18-8-10/h2-6,8H,7H2,1H3,(H,15,16,17). The van der Waals surface area contributed by atoms with Gasteiger partial charge in [0, 0.05) is 0 Å². The first kappa shape index (κ1) is 12.3. The minimum atomic E-state index is -0.0193. The molecule has 96 valence electrons. The molecule has 3 aromatic rings. The van der Waals surface area contributed by atoms with Crippen molar-refractivity contribution < 1.29 is 4.79 Å². The molecule has 3 nitrogen and oxygen atoms in total. The van der Waals surface area contributed by atoms with Crippen LogP contribution in [0.15, 0.2) is 35.0 Å². The van der Waals surface area contributed by atoms with Gasteiger partial charge in [-0.1, -0.05) is 17.4 Å². The Morgan fingerprint density at radius 2 is 2.26 bits per heavy atom. The molecule has 0 unspecified atom stereocenters. The molecule has 19 heavy (non-hydrogen) atoms. The summed E-state index contributed by atoms with van der Waals surface area (Å²) in [6.07, 6.45) is 0.401. The van der Waals surface area contributed by atoms with E-state index in [9.17, 15) is 4.79 Å². The lowest BCUT2D eigenvalue weighted by atomic mass is 10.2. The zero-order valence-corrected chi connectivity index (χ0v) is 12.0. The highest BCUT2D eigenvalue weighted by molar-refractivity contribution is 7.22. The second-order valence-corrected chi connectivity index (χ2v) is 6.16. The molecule has 0 aliphatic heterocycles. The molecule has 2 aromatic heterocycles. The fourth-order valence-electron chi connectivity index (χ4n) is 1.83. The topological polar surface area (TPSA) is 42.0 Å². The third-order valence-corrected chi connectivity index (χ3v) is 4.40. The van der Waals surface area contributed by atoms with Crippen LogP contribution in [0.2, 0.25) is 0 Å². The van der Waals surface area contributed by atoms with E-state index >= 15 is 0 Å². The summed E-state index contributed by atoms with van der Waals surface area (Å²) in [7, 11) is 0. The molecule has 0 saturated heterocycles. The van der Waals surface area contributed by atoms with Gasteiger partial charge in [0.25, 0.3) is 0 Å². The monoisotopic (exact) mass is 288 g/mol. The summed E-state index contributed by atoms with van der Waals surface area (Å²) in [6, 6.07) is 8.06. The molecule has 0 saturated carbocycles. The van der Waals surface area contributed by atoms with Crippen LogP contribution in [0.4, 0.5) is 5.13 Å². The van der Waals surface area contributed by atoms with Gasteiger partial charge in [0.05, 0.1) is 16.6 Å². The number of aryl methyl sites for hydroxylation is 1. The second-order valence-electron chi connectivity index (χ2n) is 4.35. The first-order valence-electron chi connectivity index (χ1n) is 5.89. The Kier molecular flexibility index (Phi) is 3.31. The Labute approximate surface area is 118 Å². The number of aromatic nitrogens is 1. The molecular weight excluding hydrogens is 276 g/mol. The number of carbonyl (C=O) groups excluding carboxylic acids is 1. The van der Waals surface area contributed by atoms with Crippen LogP contribution in [0, 0.1) is 6.92 Å². The Morgan fingerprint density at radius 1 is 1.37 bits per heavy atom. The predicted octanol–water partition coefficient (Wildman–Crippen LogP) is 3.85. The number of thiazole rings is 1. The number of hydrogen-bond acceptors (Lipinski definition) is 4. The number of benzene rings is 1. The third kappa shape index (κ3) is 2.83. The normalized spacial score (nSPS) is 10.8. The van der Waals surface area contributed by atoms with Crippen molar-refractivity contribution >= 4 is 43.9 Å². The Bertz CT molecular complexity index is 716. The first-order chi connectivity index (χ1) is 9.20. The van der Waals surface area contributed by atoms with Crippen molar-refractivity contribution in [2.24, 2.45) is 0 Å². The molecule has 3 rings (SSSR count). The molecule has 1 amide bonds. The lowest BCUT2D eigenvalue weighted by Crippen LogP contribution is -2.13. The molecule has 0 spiro atoms. The summed E-state index contributed by atoms with van der Waals surface area (Å²) in [5.74, 6) is -0.0193. The SMILES string of the molecule is Cc1ccc2nc(NC(=O)Cc3ccsc3)sc2c1. The van der Waals surface area contributed by atoms with Gasteiger partial charge in [-0.05, 0) is 47.0 Å². The maximum absolute atomic E-state index is 11.9. The summed E-state index contributed by atoms with van der Waals surface area (Å²) < 4.78 is 1.10. The number of thiophene rings is 1. The molecular formula is C14H12N2OS2. The van der Waals surface area contributed by atoms with Gasteiger partial charge in [-0.3, -0.25) is 4.79 Å². The summed E-state index contributed by atoms with van der Waals surface area (Å²) >= 11 is 3.11. The van der Waals surface area contributed by atoms with E-state index in [1.54, 1.807) is 11.3 Å². The molecule has 2 heterocycles. The van der Waals surface area contributed by atoms with Crippen molar-refractivity contribution in [3.05, 3.63) is 46.2 Å². The highest BCUT2D eigenvalue weighted by Crippen LogP contribution is 2.26. The molecule has 0 fully saturated rings. The number of rotatable bonds is 3. The summed E-state index contributed by atoms with van der Waals surface area (Å²) in [5, 5.41) is 7.49. The van der Waals surface area contributed by atoms with Gasteiger partial charge in [0.1, 0.15) is 0 Å². The highest BCUT2D eigenvalue weighted by Gasteiger charge is 2.08. The summed E-state index contributed by atoms with van der Waals surface area (Å²) in [4.78, 5) is 16.3.